The van der Waals surface area contributed by atoms with Crippen LogP contribution < -0.4 is 10.0 Å². The number of sulfonamides is 2. The molecule has 0 aromatic heterocycles. The fourth-order valence-electron chi connectivity index (χ4n) is 2.89. The Labute approximate surface area is 161 Å². The number of carbonyl (C=O) groups is 1. The predicted molar refractivity (Wildman–Crippen MR) is 103 cm³/mol. The molecule has 0 bridgehead atoms. The van der Waals surface area contributed by atoms with Crippen LogP contribution in [0.15, 0.2) is 23.1 Å². The van der Waals surface area contributed by atoms with E-state index in [0.717, 1.165) is 11.1 Å². The highest BCUT2D eigenvalue weighted by molar-refractivity contribution is 7.89. The molecule has 27 heavy (non-hydrogen) atoms. The third kappa shape index (κ3) is 6.27. The lowest BCUT2D eigenvalue weighted by Gasteiger charge is -2.30. The highest BCUT2D eigenvalue weighted by atomic mass is 32.2. The van der Waals surface area contributed by atoms with Gasteiger partial charge in [0.25, 0.3) is 0 Å². The van der Waals surface area contributed by atoms with Crippen LogP contribution >= 0.6 is 0 Å². The number of benzene rings is 1. The van der Waals surface area contributed by atoms with E-state index in [9.17, 15) is 21.6 Å². The fourth-order valence-corrected chi connectivity index (χ4v) is 4.89. The van der Waals surface area contributed by atoms with Gasteiger partial charge in [-0.05, 0) is 49.9 Å². The molecule has 2 rings (SSSR count). The van der Waals surface area contributed by atoms with Crippen molar-refractivity contribution in [3.8, 4) is 0 Å². The molecule has 8 nitrogen and oxygen atoms in total. The first kappa shape index (κ1) is 21.8. The molecule has 0 spiro atoms. The lowest BCUT2D eigenvalue weighted by molar-refractivity contribution is -0.121. The highest BCUT2D eigenvalue weighted by Crippen LogP contribution is 2.15. The lowest BCUT2D eigenvalue weighted by atomic mass is 10.1. The van der Waals surface area contributed by atoms with E-state index >= 15 is 0 Å². The summed E-state index contributed by atoms with van der Waals surface area (Å²) in [5, 5.41) is 2.84. The monoisotopic (exact) mass is 417 g/mol. The molecule has 0 saturated carbocycles. The van der Waals surface area contributed by atoms with Crippen LogP contribution in [0, 0.1) is 13.8 Å². The average molecular weight is 418 g/mol. The van der Waals surface area contributed by atoms with Crippen LogP contribution in [0.4, 0.5) is 0 Å². The van der Waals surface area contributed by atoms with Crippen molar-refractivity contribution in [2.45, 2.75) is 44.0 Å². The molecule has 1 saturated heterocycles. The zero-order chi connectivity index (χ0) is 20.2. The molecule has 1 fully saturated rings. The van der Waals surface area contributed by atoms with Gasteiger partial charge in [-0.3, -0.25) is 4.79 Å². The van der Waals surface area contributed by atoms with Crippen LogP contribution in [-0.4, -0.2) is 59.0 Å². The second-order valence-corrected chi connectivity index (χ2v) is 10.6. The Morgan fingerprint density at radius 2 is 1.74 bits per heavy atom. The number of hydrogen-bond donors (Lipinski definition) is 2. The molecule has 1 aliphatic heterocycles. The van der Waals surface area contributed by atoms with Crippen molar-refractivity contribution in [3.05, 3.63) is 29.3 Å². The van der Waals surface area contributed by atoms with E-state index in [-0.39, 0.29) is 29.8 Å². The first-order valence-corrected chi connectivity index (χ1v) is 12.1. The lowest BCUT2D eigenvalue weighted by Crippen LogP contribution is -2.46. The summed E-state index contributed by atoms with van der Waals surface area (Å²) in [5.74, 6) is -0.254. The molecule has 10 heteroatoms. The zero-order valence-electron chi connectivity index (χ0n) is 15.9. The molecule has 0 unspecified atom stereocenters. The number of rotatable bonds is 7. The normalized spacial score (nSPS) is 17.0. The smallest absolute Gasteiger partial charge is 0.240 e. The first-order chi connectivity index (χ1) is 12.5. The second kappa shape index (κ2) is 8.68. The van der Waals surface area contributed by atoms with Gasteiger partial charge in [-0.2, -0.15) is 0 Å². The van der Waals surface area contributed by atoms with Crippen LogP contribution in [0.25, 0.3) is 0 Å². The molecular weight excluding hydrogens is 390 g/mol. The van der Waals surface area contributed by atoms with Gasteiger partial charge in [0.05, 0.1) is 11.2 Å². The Hall–Kier alpha value is -1.49. The molecule has 0 aliphatic carbocycles. The van der Waals surface area contributed by atoms with Gasteiger partial charge >= 0.3 is 0 Å². The van der Waals surface area contributed by atoms with E-state index in [1.165, 1.54) is 10.6 Å². The Morgan fingerprint density at radius 1 is 1.11 bits per heavy atom. The molecule has 1 amide bonds. The summed E-state index contributed by atoms with van der Waals surface area (Å²) in [6.07, 6.45) is 2.30. The molecule has 2 N–H and O–H groups in total. The molecule has 1 aromatic carbocycles. The van der Waals surface area contributed by atoms with Gasteiger partial charge in [0.2, 0.25) is 26.0 Å². The van der Waals surface area contributed by atoms with E-state index in [0.29, 0.717) is 25.9 Å². The maximum Gasteiger partial charge on any atom is 0.240 e. The van der Waals surface area contributed by atoms with E-state index < -0.39 is 20.0 Å². The number of nitrogens with zero attached hydrogens (tertiary/aromatic N) is 1. The van der Waals surface area contributed by atoms with Gasteiger partial charge in [0, 0.05) is 32.1 Å². The Bertz CT molecular complexity index is 889. The second-order valence-electron chi connectivity index (χ2n) is 6.90. The summed E-state index contributed by atoms with van der Waals surface area (Å²) < 4.78 is 51.4. The predicted octanol–water partition coefficient (Wildman–Crippen LogP) is 0.512. The van der Waals surface area contributed by atoms with Crippen molar-refractivity contribution in [1.82, 2.24) is 14.3 Å². The maximum atomic E-state index is 12.3. The number of piperidine rings is 1. The van der Waals surface area contributed by atoms with Gasteiger partial charge in [-0.1, -0.05) is 6.07 Å². The van der Waals surface area contributed by atoms with Crippen molar-refractivity contribution < 1.29 is 21.6 Å². The molecular formula is C17H27N3O5S2. The van der Waals surface area contributed by atoms with Crippen molar-refractivity contribution in [2.24, 2.45) is 0 Å². The summed E-state index contributed by atoms with van der Waals surface area (Å²) in [6, 6.07) is 4.81. The summed E-state index contributed by atoms with van der Waals surface area (Å²) in [6.45, 7) is 4.51. The van der Waals surface area contributed by atoms with Crippen molar-refractivity contribution in [3.63, 3.8) is 0 Å². The molecule has 0 radical (unpaired) electrons. The molecule has 1 heterocycles. The third-order valence-electron chi connectivity index (χ3n) is 4.72. The number of aryl methyl sites for hydroxylation is 2. The summed E-state index contributed by atoms with van der Waals surface area (Å²) >= 11 is 0. The highest BCUT2D eigenvalue weighted by Gasteiger charge is 2.25. The average Bonchev–Trinajstić information content (AvgIpc) is 2.56. The van der Waals surface area contributed by atoms with E-state index in [1.54, 1.807) is 18.2 Å². The quantitative estimate of drug-likeness (QED) is 0.671. The van der Waals surface area contributed by atoms with Crippen LogP contribution in [-0.2, 0) is 24.8 Å². The van der Waals surface area contributed by atoms with Crippen molar-refractivity contribution in [2.75, 3.05) is 25.9 Å². The number of amides is 1. The van der Waals surface area contributed by atoms with Gasteiger partial charge < -0.3 is 5.32 Å². The molecule has 152 valence electrons. The molecule has 1 aromatic rings. The largest absolute Gasteiger partial charge is 0.353 e. The standard InChI is InChI=1S/C17H27N3O5S2/c1-13-4-5-16(12-14(13)2)27(24,25)18-9-6-17(21)19-15-7-10-20(11-8-15)26(3,22)23/h4-5,12,15,18H,6-11H2,1-3H3,(H,19,21). The number of carbonyl (C=O) groups excluding carboxylic acids is 1. The minimum atomic E-state index is -3.66. The van der Waals surface area contributed by atoms with Gasteiger partial charge in [-0.25, -0.2) is 25.9 Å². The van der Waals surface area contributed by atoms with Gasteiger partial charge in [0.15, 0.2) is 0 Å². The Morgan fingerprint density at radius 3 is 2.30 bits per heavy atom. The SMILES string of the molecule is Cc1ccc(S(=O)(=O)NCCC(=O)NC2CCN(S(C)(=O)=O)CC2)cc1C. The third-order valence-corrected chi connectivity index (χ3v) is 7.48. The molecule has 0 atom stereocenters. The summed E-state index contributed by atoms with van der Waals surface area (Å²) in [7, 11) is -6.85. The van der Waals surface area contributed by atoms with Crippen molar-refractivity contribution in [1.29, 1.82) is 0 Å². The van der Waals surface area contributed by atoms with E-state index in [2.05, 4.69) is 10.0 Å². The minimum Gasteiger partial charge on any atom is -0.353 e. The topological polar surface area (TPSA) is 113 Å². The van der Waals surface area contributed by atoms with E-state index in [1.807, 2.05) is 13.8 Å². The van der Waals surface area contributed by atoms with Gasteiger partial charge in [0.1, 0.15) is 0 Å². The summed E-state index contributed by atoms with van der Waals surface area (Å²) in [5.41, 5.74) is 1.89. The fraction of sp³-hybridized carbons (Fsp3) is 0.588. The minimum absolute atomic E-state index is 0.00325. The van der Waals surface area contributed by atoms with Crippen LogP contribution in [0.2, 0.25) is 0 Å². The van der Waals surface area contributed by atoms with Crippen LogP contribution in [0.5, 0.6) is 0 Å². The maximum absolute atomic E-state index is 12.3. The van der Waals surface area contributed by atoms with Gasteiger partial charge in [-0.15, -0.1) is 0 Å². The first-order valence-electron chi connectivity index (χ1n) is 8.80. The van der Waals surface area contributed by atoms with Crippen LogP contribution in [0.1, 0.15) is 30.4 Å². The van der Waals surface area contributed by atoms with Crippen LogP contribution in [0.3, 0.4) is 0 Å². The zero-order valence-corrected chi connectivity index (χ0v) is 17.5. The number of hydrogen-bond acceptors (Lipinski definition) is 5. The number of nitrogens with one attached hydrogen (secondary N) is 2. The Kier molecular flexibility index (Phi) is 7.01. The Balaban J connectivity index is 1.78. The van der Waals surface area contributed by atoms with E-state index in [4.69, 9.17) is 0 Å². The summed E-state index contributed by atoms with van der Waals surface area (Å²) in [4.78, 5) is 12.2. The molecule has 1 aliphatic rings. The van der Waals surface area contributed by atoms with Crippen molar-refractivity contribution >= 4 is 26.0 Å².